The molecule has 154 valence electrons. The third-order valence-corrected chi connectivity index (χ3v) is 6.51. The van der Waals surface area contributed by atoms with Gasteiger partial charge in [0.05, 0.1) is 34.6 Å². The molecule has 0 aliphatic heterocycles. The number of hydrogen-bond donors (Lipinski definition) is 2. The maximum atomic E-state index is 4.53. The predicted molar refractivity (Wildman–Crippen MR) is 128 cm³/mol. The number of nitrogens with zero attached hydrogens (tertiary/aromatic N) is 4. The Balaban J connectivity index is 1.55. The van der Waals surface area contributed by atoms with E-state index in [2.05, 4.69) is 72.9 Å². The largest absolute Gasteiger partial charge is 0.352 e. The number of aryl methyl sites for hydroxylation is 1. The van der Waals surface area contributed by atoms with Gasteiger partial charge in [-0.1, -0.05) is 18.7 Å². The van der Waals surface area contributed by atoms with Crippen LogP contribution in [0.1, 0.15) is 18.4 Å². The number of thiophene rings is 1. The molecule has 5 heterocycles. The number of aromatic nitrogens is 6. The molecule has 0 unspecified atom stereocenters. The molecule has 0 radical (unpaired) electrons. The standard InChI is InChI=1S/C24H22N6S/c1-14(22-13-26-16(3)30(22)4)7-8-19-15(2)24(29-28-19)20-10-17-18(23-6-5-9-31-23)11-25-12-21(17)27-20/h5-13,27-28H,2H2,1,3-4H3/b14-7+,19-8+. The van der Waals surface area contributed by atoms with E-state index >= 15 is 0 Å². The van der Waals surface area contributed by atoms with Crippen LogP contribution in [0.2, 0.25) is 0 Å². The summed E-state index contributed by atoms with van der Waals surface area (Å²) in [5.74, 6) is 0.986. The number of H-pyrrole nitrogens is 2. The summed E-state index contributed by atoms with van der Waals surface area (Å²) in [5, 5.41) is 12.6. The first-order chi connectivity index (χ1) is 15.0. The number of allylic oxidation sites excluding steroid dienone is 2. The first-order valence-electron chi connectivity index (χ1n) is 9.94. The lowest BCUT2D eigenvalue weighted by Crippen LogP contribution is -2.21. The van der Waals surface area contributed by atoms with E-state index in [-0.39, 0.29) is 0 Å². The molecule has 6 nitrogen and oxygen atoms in total. The van der Waals surface area contributed by atoms with Gasteiger partial charge in [-0.3, -0.25) is 10.1 Å². The van der Waals surface area contributed by atoms with Gasteiger partial charge < -0.3 is 9.55 Å². The topological polar surface area (TPSA) is 75.2 Å². The normalized spacial score (nSPS) is 12.9. The maximum Gasteiger partial charge on any atom is 0.116 e. The molecule has 5 rings (SSSR count). The van der Waals surface area contributed by atoms with Crippen molar-refractivity contribution < 1.29 is 0 Å². The molecular weight excluding hydrogens is 404 g/mol. The summed E-state index contributed by atoms with van der Waals surface area (Å²) in [6, 6.07) is 6.29. The van der Waals surface area contributed by atoms with Gasteiger partial charge in [0.15, 0.2) is 0 Å². The number of pyridine rings is 1. The van der Waals surface area contributed by atoms with E-state index < -0.39 is 0 Å². The molecule has 0 saturated heterocycles. The lowest BCUT2D eigenvalue weighted by atomic mass is 10.1. The van der Waals surface area contributed by atoms with Crippen LogP contribution in [0.25, 0.3) is 51.0 Å². The predicted octanol–water partition coefficient (Wildman–Crippen LogP) is 4.02. The maximum absolute atomic E-state index is 4.53. The summed E-state index contributed by atoms with van der Waals surface area (Å²) in [6.45, 7) is 8.34. The fourth-order valence-corrected chi connectivity index (χ4v) is 4.46. The summed E-state index contributed by atoms with van der Waals surface area (Å²) >= 11 is 1.71. The van der Waals surface area contributed by atoms with Crippen LogP contribution < -0.4 is 10.6 Å². The fraction of sp³-hybridized carbons (Fsp3) is 0.125. The zero-order valence-corrected chi connectivity index (χ0v) is 18.4. The molecule has 5 aromatic rings. The molecule has 0 amide bonds. The monoisotopic (exact) mass is 426 g/mol. The smallest absolute Gasteiger partial charge is 0.116 e. The molecule has 0 fully saturated rings. The van der Waals surface area contributed by atoms with Crippen LogP contribution in [-0.4, -0.2) is 29.7 Å². The van der Waals surface area contributed by atoms with Crippen molar-refractivity contribution in [3.63, 3.8) is 0 Å². The van der Waals surface area contributed by atoms with Crippen LogP contribution in [0.5, 0.6) is 0 Å². The molecule has 5 aromatic heterocycles. The molecular formula is C24H22N6S. The van der Waals surface area contributed by atoms with Crippen molar-refractivity contribution in [3.8, 4) is 21.8 Å². The first kappa shape index (κ1) is 19.3. The van der Waals surface area contributed by atoms with Gasteiger partial charge in [0.2, 0.25) is 0 Å². The molecule has 0 saturated carbocycles. The number of hydrogen-bond acceptors (Lipinski definition) is 4. The Morgan fingerprint density at radius 2 is 2.13 bits per heavy atom. The van der Waals surface area contributed by atoms with E-state index in [0.717, 1.165) is 55.5 Å². The average molecular weight is 427 g/mol. The summed E-state index contributed by atoms with van der Waals surface area (Å²) in [7, 11) is 2.02. The van der Waals surface area contributed by atoms with Gasteiger partial charge in [0.1, 0.15) is 11.5 Å². The Kier molecular flexibility index (Phi) is 4.67. The van der Waals surface area contributed by atoms with Gasteiger partial charge in [-0.05, 0) is 43.0 Å². The first-order valence-corrected chi connectivity index (χ1v) is 10.8. The molecule has 0 bridgehead atoms. The fourth-order valence-electron chi connectivity index (χ4n) is 3.71. The number of rotatable bonds is 4. The molecule has 0 aliphatic carbocycles. The molecule has 2 N–H and O–H groups in total. The van der Waals surface area contributed by atoms with Gasteiger partial charge in [0.25, 0.3) is 0 Å². The Hall–Kier alpha value is -3.71. The number of nitrogens with one attached hydrogen (secondary N) is 2. The van der Waals surface area contributed by atoms with Crippen molar-refractivity contribution in [1.29, 1.82) is 0 Å². The minimum atomic E-state index is 0.807. The van der Waals surface area contributed by atoms with E-state index in [4.69, 9.17) is 0 Å². The molecule has 7 heteroatoms. The third-order valence-electron chi connectivity index (χ3n) is 5.61. The highest BCUT2D eigenvalue weighted by molar-refractivity contribution is 7.13. The van der Waals surface area contributed by atoms with E-state index in [1.54, 1.807) is 11.3 Å². The van der Waals surface area contributed by atoms with E-state index in [0.29, 0.717) is 0 Å². The van der Waals surface area contributed by atoms with Crippen molar-refractivity contribution in [1.82, 2.24) is 29.7 Å². The van der Waals surface area contributed by atoms with Crippen molar-refractivity contribution in [2.75, 3.05) is 0 Å². The highest BCUT2D eigenvalue weighted by atomic mass is 32.1. The minimum absolute atomic E-state index is 0.807. The highest BCUT2D eigenvalue weighted by Crippen LogP contribution is 2.32. The molecule has 0 atom stereocenters. The van der Waals surface area contributed by atoms with Gasteiger partial charge in [-0.15, -0.1) is 11.3 Å². The van der Waals surface area contributed by atoms with Crippen LogP contribution in [0.15, 0.2) is 48.2 Å². The van der Waals surface area contributed by atoms with Crippen LogP contribution in [0.3, 0.4) is 0 Å². The number of fused-ring (bicyclic) bond motifs is 1. The van der Waals surface area contributed by atoms with Crippen molar-refractivity contribution in [3.05, 3.63) is 70.3 Å². The lowest BCUT2D eigenvalue weighted by Gasteiger charge is -2.02. The van der Waals surface area contributed by atoms with Crippen molar-refractivity contribution in [2.45, 2.75) is 13.8 Å². The zero-order valence-electron chi connectivity index (χ0n) is 17.6. The second-order valence-electron chi connectivity index (χ2n) is 7.54. The Morgan fingerprint density at radius 1 is 1.26 bits per heavy atom. The third kappa shape index (κ3) is 3.33. The molecule has 0 spiro atoms. The Bertz CT molecular complexity index is 1530. The van der Waals surface area contributed by atoms with Crippen LogP contribution in [-0.2, 0) is 7.05 Å². The second-order valence-corrected chi connectivity index (χ2v) is 8.49. The van der Waals surface area contributed by atoms with E-state index in [9.17, 15) is 0 Å². The highest BCUT2D eigenvalue weighted by Gasteiger charge is 2.12. The van der Waals surface area contributed by atoms with Gasteiger partial charge in [-0.25, -0.2) is 4.98 Å². The second kappa shape index (κ2) is 7.52. The summed E-state index contributed by atoms with van der Waals surface area (Å²) < 4.78 is 2.08. The number of aromatic amines is 2. The van der Waals surface area contributed by atoms with E-state index in [1.807, 2.05) is 38.6 Å². The SMILES string of the molecule is C=c1c(-c2cc3c(-c4cccs4)cncc3[nH]2)n[nH]/c1=C/C=C(\C)c1cnc(C)n1C. The summed E-state index contributed by atoms with van der Waals surface area (Å²) in [4.78, 5) is 13.4. The average Bonchev–Trinajstić information content (AvgIpc) is 3.54. The minimum Gasteiger partial charge on any atom is -0.352 e. The zero-order chi connectivity index (χ0) is 21.5. The summed E-state index contributed by atoms with van der Waals surface area (Å²) in [6.07, 6.45) is 9.72. The Morgan fingerprint density at radius 3 is 2.87 bits per heavy atom. The van der Waals surface area contributed by atoms with Gasteiger partial charge >= 0.3 is 0 Å². The van der Waals surface area contributed by atoms with Gasteiger partial charge in [0, 0.05) is 34.3 Å². The molecule has 0 aromatic carbocycles. The lowest BCUT2D eigenvalue weighted by molar-refractivity contribution is 0.845. The van der Waals surface area contributed by atoms with Gasteiger partial charge in [-0.2, -0.15) is 5.10 Å². The molecule has 31 heavy (non-hydrogen) atoms. The van der Waals surface area contributed by atoms with Crippen LogP contribution in [0, 0.1) is 6.92 Å². The van der Waals surface area contributed by atoms with Crippen LogP contribution in [0.4, 0.5) is 0 Å². The number of imidazole rings is 1. The van der Waals surface area contributed by atoms with Crippen molar-refractivity contribution >= 4 is 40.5 Å². The van der Waals surface area contributed by atoms with Crippen LogP contribution >= 0.6 is 11.3 Å². The quantitative estimate of drug-likeness (QED) is 0.456. The summed E-state index contributed by atoms with van der Waals surface area (Å²) in [5.41, 5.74) is 6.04. The Labute approximate surface area is 183 Å². The van der Waals surface area contributed by atoms with Crippen molar-refractivity contribution in [2.24, 2.45) is 7.05 Å². The van der Waals surface area contributed by atoms with E-state index in [1.165, 1.54) is 4.88 Å². The molecule has 0 aliphatic rings.